The average Bonchev–Trinajstić information content (AvgIpc) is 2.85. The molecule has 0 saturated carbocycles. The van der Waals surface area contributed by atoms with Crippen molar-refractivity contribution in [1.82, 2.24) is 5.43 Å². The third-order valence-corrected chi connectivity index (χ3v) is 4.90. The molecule has 1 unspecified atom stereocenters. The van der Waals surface area contributed by atoms with E-state index in [-0.39, 0.29) is 6.04 Å². The number of nitrogens with two attached hydrogens (primary N) is 1. The third kappa shape index (κ3) is 2.35. The Kier molecular flexibility index (Phi) is 3.76. The van der Waals surface area contributed by atoms with Gasteiger partial charge in [-0.1, -0.05) is 19.1 Å². The maximum absolute atomic E-state index is 5.62. The van der Waals surface area contributed by atoms with Crippen LogP contribution in [0.4, 0.5) is 0 Å². The normalized spacial score (nSPS) is 13.1. The third-order valence-electron chi connectivity index (χ3n) is 2.70. The van der Waals surface area contributed by atoms with Crippen molar-refractivity contribution in [3.63, 3.8) is 0 Å². The van der Waals surface area contributed by atoms with Gasteiger partial charge in [0.1, 0.15) is 0 Å². The maximum Gasteiger partial charge on any atom is 0.0590 e. The van der Waals surface area contributed by atoms with Crippen molar-refractivity contribution in [2.45, 2.75) is 25.8 Å². The van der Waals surface area contributed by atoms with Crippen molar-refractivity contribution in [3.8, 4) is 0 Å². The van der Waals surface area contributed by atoms with E-state index in [1.54, 1.807) is 11.3 Å². The predicted molar refractivity (Wildman–Crippen MR) is 73.8 cm³/mol. The Morgan fingerprint density at radius 1 is 1.56 bits per heavy atom. The minimum absolute atomic E-state index is 0.206. The molecule has 1 atom stereocenters. The molecule has 2 aromatic rings. The van der Waals surface area contributed by atoms with Gasteiger partial charge in [-0.15, -0.1) is 22.7 Å². The lowest BCUT2D eigenvalue weighted by Gasteiger charge is -2.14. The van der Waals surface area contributed by atoms with Crippen LogP contribution in [0.15, 0.2) is 29.7 Å². The van der Waals surface area contributed by atoms with Gasteiger partial charge in [-0.3, -0.25) is 11.3 Å². The molecule has 2 nitrogen and oxygen atoms in total. The van der Waals surface area contributed by atoms with Gasteiger partial charge >= 0.3 is 0 Å². The fourth-order valence-electron chi connectivity index (χ4n) is 1.63. The van der Waals surface area contributed by atoms with Crippen molar-refractivity contribution in [1.29, 1.82) is 0 Å². The fourth-order valence-corrected chi connectivity index (χ4v) is 3.81. The molecule has 0 aliphatic carbocycles. The van der Waals surface area contributed by atoms with Crippen LogP contribution >= 0.6 is 22.7 Å². The summed E-state index contributed by atoms with van der Waals surface area (Å²) in [4.78, 5) is 1.30. The number of nitrogens with one attached hydrogen (secondary N) is 1. The number of hydrazine groups is 1. The Bertz CT molecular complexity index is 455. The van der Waals surface area contributed by atoms with E-state index in [1.807, 2.05) is 11.3 Å². The number of thiophene rings is 2. The first kappa shape index (κ1) is 11.8. The number of hydrogen-bond acceptors (Lipinski definition) is 4. The zero-order valence-electron chi connectivity index (χ0n) is 9.32. The highest BCUT2D eigenvalue weighted by Crippen LogP contribution is 2.35. The van der Waals surface area contributed by atoms with Crippen LogP contribution < -0.4 is 11.3 Å². The minimum Gasteiger partial charge on any atom is -0.271 e. The van der Waals surface area contributed by atoms with Crippen LogP contribution in [0.1, 0.15) is 30.7 Å². The van der Waals surface area contributed by atoms with Crippen LogP contribution in [-0.4, -0.2) is 0 Å². The monoisotopic (exact) mass is 252 g/mol. The molecule has 0 aliphatic rings. The van der Waals surface area contributed by atoms with Gasteiger partial charge in [-0.2, -0.15) is 0 Å². The molecule has 0 fully saturated rings. The Morgan fingerprint density at radius 2 is 2.38 bits per heavy atom. The summed E-state index contributed by atoms with van der Waals surface area (Å²) >= 11 is 3.60. The standard InChI is InChI=1S/C12H16N2S2/c1-3-8(2)6-9(14-13)11-7-12-10(16-11)4-5-15-12/h4-5,7,9,14H,2-3,6,13H2,1H3. The van der Waals surface area contributed by atoms with E-state index in [2.05, 4.69) is 36.4 Å². The van der Waals surface area contributed by atoms with Gasteiger partial charge in [0.05, 0.1) is 6.04 Å². The minimum atomic E-state index is 0.206. The highest BCUT2D eigenvalue weighted by atomic mass is 32.1. The van der Waals surface area contributed by atoms with Crippen LogP contribution in [0.5, 0.6) is 0 Å². The first-order valence-electron chi connectivity index (χ1n) is 5.34. The van der Waals surface area contributed by atoms with Crippen molar-refractivity contribution in [3.05, 3.63) is 34.5 Å². The SMILES string of the molecule is C=C(CC)CC(NN)c1cc2sccc2s1. The summed E-state index contributed by atoms with van der Waals surface area (Å²) in [5.74, 6) is 5.62. The summed E-state index contributed by atoms with van der Waals surface area (Å²) in [5, 5.41) is 2.13. The second-order valence-corrected chi connectivity index (χ2v) is 5.89. The molecule has 0 spiro atoms. The van der Waals surface area contributed by atoms with Crippen LogP contribution in [0.2, 0.25) is 0 Å². The van der Waals surface area contributed by atoms with Gasteiger partial charge in [0, 0.05) is 14.3 Å². The maximum atomic E-state index is 5.62. The van der Waals surface area contributed by atoms with Crippen molar-refractivity contribution in [2.75, 3.05) is 0 Å². The quantitative estimate of drug-likeness (QED) is 0.482. The largest absolute Gasteiger partial charge is 0.271 e. The second kappa shape index (κ2) is 5.10. The molecule has 0 aliphatic heterocycles. The van der Waals surface area contributed by atoms with E-state index >= 15 is 0 Å². The smallest absolute Gasteiger partial charge is 0.0590 e. The molecule has 0 radical (unpaired) electrons. The summed E-state index contributed by atoms with van der Waals surface area (Å²) in [6, 6.07) is 4.60. The highest BCUT2D eigenvalue weighted by Gasteiger charge is 2.14. The molecule has 0 saturated heterocycles. The molecular formula is C12H16N2S2. The molecular weight excluding hydrogens is 236 g/mol. The van der Waals surface area contributed by atoms with Crippen LogP contribution in [-0.2, 0) is 0 Å². The van der Waals surface area contributed by atoms with E-state index in [1.165, 1.54) is 19.9 Å². The van der Waals surface area contributed by atoms with E-state index in [9.17, 15) is 0 Å². The second-order valence-electron chi connectivity index (χ2n) is 3.82. The predicted octanol–water partition coefficient (Wildman–Crippen LogP) is 3.82. The van der Waals surface area contributed by atoms with Gasteiger partial charge in [0.25, 0.3) is 0 Å². The Balaban J connectivity index is 2.20. The fraction of sp³-hybridized carbons (Fsp3) is 0.333. The molecule has 3 N–H and O–H groups in total. The number of rotatable bonds is 5. The molecule has 2 rings (SSSR count). The molecule has 16 heavy (non-hydrogen) atoms. The summed E-state index contributed by atoms with van der Waals surface area (Å²) in [6.07, 6.45) is 1.93. The first-order chi connectivity index (χ1) is 7.74. The Labute approximate surface area is 104 Å². The molecule has 2 heterocycles. The van der Waals surface area contributed by atoms with Crippen LogP contribution in [0, 0.1) is 0 Å². The van der Waals surface area contributed by atoms with Crippen LogP contribution in [0.25, 0.3) is 9.40 Å². The van der Waals surface area contributed by atoms with E-state index in [0.29, 0.717) is 0 Å². The van der Waals surface area contributed by atoms with Crippen molar-refractivity contribution < 1.29 is 0 Å². The van der Waals surface area contributed by atoms with Gasteiger partial charge in [0.2, 0.25) is 0 Å². The average molecular weight is 252 g/mol. The summed E-state index contributed by atoms with van der Waals surface area (Å²) in [6.45, 7) is 6.17. The summed E-state index contributed by atoms with van der Waals surface area (Å²) in [5.41, 5.74) is 4.12. The Morgan fingerprint density at radius 3 is 3.00 bits per heavy atom. The highest BCUT2D eigenvalue weighted by molar-refractivity contribution is 7.26. The topological polar surface area (TPSA) is 38.0 Å². The van der Waals surface area contributed by atoms with Gasteiger partial charge in [-0.25, -0.2) is 0 Å². The van der Waals surface area contributed by atoms with Crippen LogP contribution in [0.3, 0.4) is 0 Å². The lowest BCUT2D eigenvalue weighted by Crippen LogP contribution is -2.27. The Hall–Kier alpha value is -0.680. The molecule has 0 aromatic carbocycles. The zero-order chi connectivity index (χ0) is 11.5. The molecule has 0 amide bonds. The van der Waals surface area contributed by atoms with Crippen molar-refractivity contribution >= 4 is 32.1 Å². The molecule has 2 aromatic heterocycles. The molecule has 0 bridgehead atoms. The van der Waals surface area contributed by atoms with Gasteiger partial charge < -0.3 is 0 Å². The molecule has 4 heteroatoms. The summed E-state index contributed by atoms with van der Waals surface area (Å²) in [7, 11) is 0. The van der Waals surface area contributed by atoms with E-state index in [4.69, 9.17) is 5.84 Å². The van der Waals surface area contributed by atoms with E-state index in [0.717, 1.165) is 12.8 Å². The number of hydrogen-bond donors (Lipinski definition) is 2. The lowest BCUT2D eigenvalue weighted by molar-refractivity contribution is 0.553. The zero-order valence-corrected chi connectivity index (χ0v) is 11.0. The van der Waals surface area contributed by atoms with E-state index < -0.39 is 0 Å². The van der Waals surface area contributed by atoms with Gasteiger partial charge in [-0.05, 0) is 30.4 Å². The first-order valence-corrected chi connectivity index (χ1v) is 7.04. The van der Waals surface area contributed by atoms with Gasteiger partial charge in [0.15, 0.2) is 0 Å². The van der Waals surface area contributed by atoms with Crippen molar-refractivity contribution in [2.24, 2.45) is 5.84 Å². The molecule has 86 valence electrons. The number of fused-ring (bicyclic) bond motifs is 1. The lowest BCUT2D eigenvalue weighted by atomic mass is 10.1. The summed E-state index contributed by atoms with van der Waals surface area (Å²) < 4.78 is 2.70.